The van der Waals surface area contributed by atoms with Gasteiger partial charge < -0.3 is 9.88 Å². The van der Waals surface area contributed by atoms with Gasteiger partial charge in [-0.05, 0) is 33.8 Å². The molecule has 0 radical (unpaired) electrons. The molecule has 0 aliphatic heterocycles. The zero-order chi connectivity index (χ0) is 14.7. The lowest BCUT2D eigenvalue weighted by Gasteiger charge is -2.14. The van der Waals surface area contributed by atoms with E-state index in [0.29, 0.717) is 5.56 Å². The largest absolute Gasteiger partial charge is 0.358 e. The van der Waals surface area contributed by atoms with E-state index in [1.54, 1.807) is 12.1 Å². The highest BCUT2D eigenvalue weighted by molar-refractivity contribution is 6.12. The van der Waals surface area contributed by atoms with E-state index in [9.17, 15) is 9.59 Å². The molecule has 0 bridgehead atoms. The second-order valence-electron chi connectivity index (χ2n) is 4.79. The molecule has 0 aliphatic rings. The summed E-state index contributed by atoms with van der Waals surface area (Å²) in [4.78, 5) is 23.8. The van der Waals surface area contributed by atoms with Gasteiger partial charge in [0, 0.05) is 30.0 Å². The van der Waals surface area contributed by atoms with Crippen LogP contribution in [0, 0.1) is 31.1 Å². The van der Waals surface area contributed by atoms with Crippen molar-refractivity contribution in [2.45, 2.75) is 33.7 Å². The van der Waals surface area contributed by atoms with E-state index in [2.05, 4.69) is 5.32 Å². The predicted molar refractivity (Wildman–Crippen MR) is 71.8 cm³/mol. The van der Waals surface area contributed by atoms with Gasteiger partial charge in [-0.1, -0.05) is 0 Å². The van der Waals surface area contributed by atoms with E-state index in [4.69, 9.17) is 5.26 Å². The Morgan fingerprint density at radius 3 is 2.32 bits per heavy atom. The van der Waals surface area contributed by atoms with Crippen LogP contribution < -0.4 is 5.32 Å². The molecule has 1 aromatic rings. The van der Waals surface area contributed by atoms with Gasteiger partial charge in [-0.15, -0.1) is 0 Å². The standard InChI is InChI=1S/C14H19N3O2/c1-8(2)17-9(3)6-11(10(17)4)13(18)12(7-15)14(19)16-5/h6,8,12H,1-5H3,(H,16,19)/t12-/m0/s1. The zero-order valence-corrected chi connectivity index (χ0v) is 11.9. The highest BCUT2D eigenvalue weighted by Crippen LogP contribution is 2.22. The second-order valence-corrected chi connectivity index (χ2v) is 4.79. The van der Waals surface area contributed by atoms with Crippen LogP contribution >= 0.6 is 0 Å². The van der Waals surface area contributed by atoms with Crippen molar-refractivity contribution >= 4 is 11.7 Å². The van der Waals surface area contributed by atoms with Crippen LogP contribution in [-0.4, -0.2) is 23.3 Å². The lowest BCUT2D eigenvalue weighted by molar-refractivity contribution is -0.121. The third kappa shape index (κ3) is 2.68. The van der Waals surface area contributed by atoms with Crippen molar-refractivity contribution in [2.24, 2.45) is 5.92 Å². The lowest BCUT2D eigenvalue weighted by Crippen LogP contribution is -2.32. The summed E-state index contributed by atoms with van der Waals surface area (Å²) < 4.78 is 2.02. The SMILES string of the molecule is CNC(=O)[C@@H](C#N)C(=O)c1cc(C)n(C(C)C)c1C. The average molecular weight is 261 g/mol. The van der Waals surface area contributed by atoms with Gasteiger partial charge in [0.25, 0.3) is 0 Å². The number of amides is 1. The molecule has 0 fully saturated rings. The maximum absolute atomic E-state index is 12.3. The quantitative estimate of drug-likeness (QED) is 0.662. The molecule has 5 heteroatoms. The molecule has 0 saturated heterocycles. The van der Waals surface area contributed by atoms with E-state index in [-0.39, 0.29) is 6.04 Å². The molecular formula is C14H19N3O2. The first-order valence-electron chi connectivity index (χ1n) is 6.19. The Hall–Kier alpha value is -2.09. The van der Waals surface area contributed by atoms with Gasteiger partial charge in [-0.2, -0.15) is 5.26 Å². The fraction of sp³-hybridized carbons (Fsp3) is 0.500. The lowest BCUT2D eigenvalue weighted by atomic mass is 9.98. The van der Waals surface area contributed by atoms with Crippen molar-refractivity contribution in [3.8, 4) is 6.07 Å². The average Bonchev–Trinajstić information content (AvgIpc) is 2.65. The summed E-state index contributed by atoms with van der Waals surface area (Å²) in [5, 5.41) is 11.3. The number of aromatic nitrogens is 1. The fourth-order valence-electron chi connectivity index (χ4n) is 2.36. The van der Waals surface area contributed by atoms with Crippen molar-refractivity contribution in [2.75, 3.05) is 7.05 Å². The Kier molecular flexibility index (Phi) is 4.49. The molecule has 0 aromatic carbocycles. The molecule has 0 saturated carbocycles. The molecule has 1 amide bonds. The molecule has 0 spiro atoms. The molecule has 0 aliphatic carbocycles. The molecule has 0 unspecified atom stereocenters. The van der Waals surface area contributed by atoms with Gasteiger partial charge in [0.15, 0.2) is 11.7 Å². The molecule has 1 aromatic heterocycles. The molecular weight excluding hydrogens is 242 g/mol. The van der Waals surface area contributed by atoms with E-state index in [1.807, 2.05) is 32.3 Å². The van der Waals surface area contributed by atoms with Crippen LogP contribution in [0.25, 0.3) is 0 Å². The van der Waals surface area contributed by atoms with Crippen LogP contribution in [-0.2, 0) is 4.79 Å². The number of carbonyl (C=O) groups is 2. The minimum absolute atomic E-state index is 0.224. The minimum atomic E-state index is -1.29. The first-order chi connectivity index (χ1) is 8.84. The number of rotatable bonds is 4. The Morgan fingerprint density at radius 2 is 1.95 bits per heavy atom. The number of ketones is 1. The van der Waals surface area contributed by atoms with Crippen molar-refractivity contribution in [3.63, 3.8) is 0 Å². The number of hydrogen-bond acceptors (Lipinski definition) is 3. The Labute approximate surface area is 113 Å². The second kappa shape index (κ2) is 5.70. The van der Waals surface area contributed by atoms with E-state index < -0.39 is 17.6 Å². The number of hydrogen-bond donors (Lipinski definition) is 1. The molecule has 102 valence electrons. The summed E-state index contributed by atoms with van der Waals surface area (Å²) in [5.41, 5.74) is 2.19. The van der Waals surface area contributed by atoms with Crippen LogP contribution in [0.4, 0.5) is 0 Å². The maximum Gasteiger partial charge on any atom is 0.245 e. The maximum atomic E-state index is 12.3. The summed E-state index contributed by atoms with van der Waals surface area (Å²) in [6.45, 7) is 7.78. The first-order valence-corrected chi connectivity index (χ1v) is 6.19. The number of nitriles is 1. The highest BCUT2D eigenvalue weighted by Gasteiger charge is 2.29. The fourth-order valence-corrected chi connectivity index (χ4v) is 2.36. The van der Waals surface area contributed by atoms with Crippen molar-refractivity contribution in [3.05, 3.63) is 23.0 Å². The summed E-state index contributed by atoms with van der Waals surface area (Å²) in [6.07, 6.45) is 0. The number of Topliss-reactive ketones (excluding diaryl/α,β-unsaturated/α-hetero) is 1. The molecule has 19 heavy (non-hydrogen) atoms. The molecule has 1 atom stereocenters. The third-order valence-electron chi connectivity index (χ3n) is 3.17. The molecule has 1 heterocycles. The van der Waals surface area contributed by atoms with Crippen molar-refractivity contribution in [1.82, 2.24) is 9.88 Å². The topological polar surface area (TPSA) is 74.9 Å². The van der Waals surface area contributed by atoms with Gasteiger partial charge in [0.05, 0.1) is 6.07 Å². The van der Waals surface area contributed by atoms with Crippen LogP contribution in [0.15, 0.2) is 6.07 Å². The zero-order valence-electron chi connectivity index (χ0n) is 11.9. The Morgan fingerprint density at radius 1 is 1.37 bits per heavy atom. The van der Waals surface area contributed by atoms with Crippen LogP contribution in [0.1, 0.15) is 41.6 Å². The van der Waals surface area contributed by atoms with E-state index in [1.165, 1.54) is 7.05 Å². The monoisotopic (exact) mass is 261 g/mol. The predicted octanol–water partition coefficient (Wildman–Crippen LogP) is 1.75. The number of carbonyl (C=O) groups excluding carboxylic acids is 2. The minimum Gasteiger partial charge on any atom is -0.358 e. The Balaban J connectivity index is 3.25. The summed E-state index contributed by atoms with van der Waals surface area (Å²) in [7, 11) is 1.41. The number of nitrogens with one attached hydrogen (secondary N) is 1. The van der Waals surface area contributed by atoms with Gasteiger partial charge in [0.1, 0.15) is 0 Å². The molecule has 1 rings (SSSR count). The van der Waals surface area contributed by atoms with Crippen LogP contribution in [0.2, 0.25) is 0 Å². The van der Waals surface area contributed by atoms with Gasteiger partial charge in [-0.3, -0.25) is 9.59 Å². The van der Waals surface area contributed by atoms with Gasteiger partial charge in [0.2, 0.25) is 5.91 Å². The van der Waals surface area contributed by atoms with E-state index >= 15 is 0 Å². The Bertz CT molecular complexity index is 550. The molecule has 1 N–H and O–H groups in total. The van der Waals surface area contributed by atoms with Gasteiger partial charge >= 0.3 is 0 Å². The van der Waals surface area contributed by atoms with Crippen molar-refractivity contribution in [1.29, 1.82) is 5.26 Å². The van der Waals surface area contributed by atoms with E-state index in [0.717, 1.165) is 11.4 Å². The summed E-state index contributed by atoms with van der Waals surface area (Å²) >= 11 is 0. The summed E-state index contributed by atoms with van der Waals surface area (Å²) in [5.74, 6) is -2.30. The normalized spacial score (nSPS) is 12.1. The number of aryl methyl sites for hydroxylation is 1. The smallest absolute Gasteiger partial charge is 0.245 e. The third-order valence-corrected chi connectivity index (χ3v) is 3.17. The van der Waals surface area contributed by atoms with Gasteiger partial charge in [-0.25, -0.2) is 0 Å². The molecule has 5 nitrogen and oxygen atoms in total. The van der Waals surface area contributed by atoms with Crippen LogP contribution in [0.3, 0.4) is 0 Å². The van der Waals surface area contributed by atoms with Crippen LogP contribution in [0.5, 0.6) is 0 Å². The highest BCUT2D eigenvalue weighted by atomic mass is 16.2. The number of nitrogens with zero attached hydrogens (tertiary/aromatic N) is 2. The first kappa shape index (κ1) is 15.0. The summed E-state index contributed by atoms with van der Waals surface area (Å²) in [6, 6.07) is 3.73. The van der Waals surface area contributed by atoms with Crippen molar-refractivity contribution < 1.29 is 9.59 Å².